The summed E-state index contributed by atoms with van der Waals surface area (Å²) in [6, 6.07) is 0.932. The van der Waals surface area contributed by atoms with Gasteiger partial charge in [0.25, 0.3) is 0 Å². The maximum absolute atomic E-state index is 12.4. The summed E-state index contributed by atoms with van der Waals surface area (Å²) in [5, 5.41) is 13.9. The van der Waals surface area contributed by atoms with Crippen LogP contribution in [0.5, 0.6) is 0 Å². The van der Waals surface area contributed by atoms with Crippen molar-refractivity contribution in [3.8, 4) is 0 Å². The van der Waals surface area contributed by atoms with Crippen molar-refractivity contribution in [2.75, 3.05) is 6.54 Å². The summed E-state index contributed by atoms with van der Waals surface area (Å²) >= 11 is 1.72. The summed E-state index contributed by atoms with van der Waals surface area (Å²) in [6.45, 7) is 6.52. The molecule has 21 heavy (non-hydrogen) atoms. The summed E-state index contributed by atoms with van der Waals surface area (Å²) in [4.78, 5) is 26.7. The number of thiophene rings is 1. The van der Waals surface area contributed by atoms with Crippen LogP contribution in [0.25, 0.3) is 0 Å². The number of nitrogens with one attached hydrogen (secondary N) is 1. The van der Waals surface area contributed by atoms with E-state index in [2.05, 4.69) is 5.32 Å². The number of rotatable bonds is 4. The van der Waals surface area contributed by atoms with Crippen LogP contribution < -0.4 is 5.32 Å². The first-order valence-electron chi connectivity index (χ1n) is 7.26. The fraction of sp³-hybridized carbons (Fsp3) is 0.600. The van der Waals surface area contributed by atoms with Crippen molar-refractivity contribution >= 4 is 23.3 Å². The van der Waals surface area contributed by atoms with Crippen LogP contribution >= 0.6 is 11.3 Å². The van der Waals surface area contributed by atoms with E-state index in [1.54, 1.807) is 16.2 Å². The summed E-state index contributed by atoms with van der Waals surface area (Å²) < 4.78 is 0. The normalized spacial score (nSPS) is 19.2. The first-order valence-corrected chi connectivity index (χ1v) is 8.14. The molecule has 0 saturated carbocycles. The van der Waals surface area contributed by atoms with E-state index < -0.39 is 12.0 Å². The zero-order valence-electron chi connectivity index (χ0n) is 12.6. The van der Waals surface area contributed by atoms with E-state index >= 15 is 0 Å². The van der Waals surface area contributed by atoms with Crippen molar-refractivity contribution in [2.24, 2.45) is 5.92 Å². The number of aliphatic carboxylic acids is 1. The second kappa shape index (κ2) is 6.47. The third-order valence-corrected chi connectivity index (χ3v) is 4.84. The Bertz CT molecular complexity index is 527. The monoisotopic (exact) mass is 310 g/mol. The van der Waals surface area contributed by atoms with Gasteiger partial charge in [-0.25, -0.2) is 9.59 Å². The summed E-state index contributed by atoms with van der Waals surface area (Å²) in [5.74, 6) is -0.758. The smallest absolute Gasteiger partial charge is 0.326 e. The molecule has 2 amide bonds. The molecule has 0 aliphatic carbocycles. The predicted octanol–water partition coefficient (Wildman–Crippen LogP) is 2.88. The van der Waals surface area contributed by atoms with Crippen LogP contribution in [0.3, 0.4) is 0 Å². The Morgan fingerprint density at radius 1 is 1.52 bits per heavy atom. The lowest BCUT2D eigenvalue weighted by Crippen LogP contribution is -2.50. The molecule has 1 aliphatic rings. The van der Waals surface area contributed by atoms with Gasteiger partial charge in [-0.15, -0.1) is 11.3 Å². The Morgan fingerprint density at radius 2 is 2.24 bits per heavy atom. The van der Waals surface area contributed by atoms with Gasteiger partial charge in [-0.3, -0.25) is 0 Å². The molecule has 1 aliphatic heterocycles. The number of carbonyl (C=O) groups excluding carboxylic acids is 1. The highest BCUT2D eigenvalue weighted by atomic mass is 32.1. The fourth-order valence-electron chi connectivity index (χ4n) is 2.71. The topological polar surface area (TPSA) is 69.6 Å². The molecule has 0 radical (unpaired) electrons. The first-order chi connectivity index (χ1) is 9.90. The molecule has 116 valence electrons. The zero-order valence-corrected chi connectivity index (χ0v) is 13.4. The minimum Gasteiger partial charge on any atom is -0.480 e. The molecule has 2 heterocycles. The van der Waals surface area contributed by atoms with Gasteiger partial charge in [-0.2, -0.15) is 0 Å². The van der Waals surface area contributed by atoms with Gasteiger partial charge < -0.3 is 15.3 Å². The quantitative estimate of drug-likeness (QED) is 0.898. The van der Waals surface area contributed by atoms with E-state index in [4.69, 9.17) is 0 Å². The molecule has 0 fully saturated rings. The molecule has 0 bridgehead atoms. The number of urea groups is 1. The van der Waals surface area contributed by atoms with Crippen LogP contribution in [-0.2, 0) is 11.2 Å². The van der Waals surface area contributed by atoms with E-state index in [-0.39, 0.29) is 18.0 Å². The third-order valence-electron chi connectivity index (χ3n) is 3.84. The number of hydrogen-bond acceptors (Lipinski definition) is 3. The van der Waals surface area contributed by atoms with E-state index in [1.807, 2.05) is 32.2 Å². The number of carboxylic acid groups (broad SMARTS) is 1. The maximum Gasteiger partial charge on any atom is 0.326 e. The van der Waals surface area contributed by atoms with E-state index in [0.717, 1.165) is 6.42 Å². The van der Waals surface area contributed by atoms with Crippen molar-refractivity contribution < 1.29 is 14.7 Å². The number of carboxylic acids is 1. The molecule has 5 nitrogen and oxygen atoms in total. The Labute approximate surface area is 129 Å². The molecule has 2 atom stereocenters. The van der Waals surface area contributed by atoms with Gasteiger partial charge in [0.2, 0.25) is 0 Å². The van der Waals surface area contributed by atoms with Gasteiger partial charge in [-0.05, 0) is 42.7 Å². The molecule has 1 aromatic heterocycles. The van der Waals surface area contributed by atoms with Gasteiger partial charge in [0.15, 0.2) is 0 Å². The second-order valence-corrected chi connectivity index (χ2v) is 6.89. The molecular weight excluding hydrogens is 288 g/mol. The second-order valence-electron chi connectivity index (χ2n) is 5.89. The molecule has 0 spiro atoms. The predicted molar refractivity (Wildman–Crippen MR) is 82.6 cm³/mol. The van der Waals surface area contributed by atoms with Crippen LogP contribution in [-0.4, -0.2) is 34.6 Å². The summed E-state index contributed by atoms with van der Waals surface area (Å²) in [5.41, 5.74) is 1.18. The standard InChI is InChI=1S/C15H22N2O3S/c1-9(2)8-12(14(18)19)16-15(20)17-6-4-13-11(10(17)3)5-7-21-13/h5,7,9-10,12H,4,6,8H2,1-3H3,(H,16,20)(H,18,19). The van der Waals surface area contributed by atoms with Gasteiger partial charge in [-0.1, -0.05) is 13.8 Å². The SMILES string of the molecule is CC(C)CC(NC(=O)N1CCc2sccc2C1C)C(=O)O. The van der Waals surface area contributed by atoms with Crippen LogP contribution in [0.4, 0.5) is 4.79 Å². The summed E-state index contributed by atoms with van der Waals surface area (Å²) in [7, 11) is 0. The number of amides is 2. The average Bonchev–Trinajstić information content (AvgIpc) is 2.86. The van der Waals surface area contributed by atoms with Crippen molar-refractivity contribution in [1.29, 1.82) is 0 Å². The molecule has 6 heteroatoms. The molecule has 2 N–H and O–H groups in total. The van der Waals surface area contributed by atoms with Crippen molar-refractivity contribution in [1.82, 2.24) is 10.2 Å². The Kier molecular flexibility index (Phi) is 4.88. The van der Waals surface area contributed by atoms with Crippen LogP contribution in [0.2, 0.25) is 0 Å². The molecule has 0 aromatic carbocycles. The Balaban J connectivity index is 2.05. The first kappa shape index (κ1) is 15.8. The van der Waals surface area contributed by atoms with Crippen LogP contribution in [0.15, 0.2) is 11.4 Å². The van der Waals surface area contributed by atoms with E-state index in [0.29, 0.717) is 13.0 Å². The lowest BCUT2D eigenvalue weighted by atomic mass is 10.0. The summed E-state index contributed by atoms with van der Waals surface area (Å²) in [6.07, 6.45) is 1.28. The van der Waals surface area contributed by atoms with Crippen molar-refractivity contribution in [3.05, 3.63) is 21.9 Å². The Hall–Kier alpha value is -1.56. The van der Waals surface area contributed by atoms with Gasteiger partial charge in [0.1, 0.15) is 6.04 Å². The van der Waals surface area contributed by atoms with Gasteiger partial charge in [0, 0.05) is 11.4 Å². The van der Waals surface area contributed by atoms with Crippen molar-refractivity contribution in [3.63, 3.8) is 0 Å². The minimum atomic E-state index is -0.974. The largest absolute Gasteiger partial charge is 0.480 e. The van der Waals surface area contributed by atoms with Gasteiger partial charge in [0.05, 0.1) is 6.04 Å². The molecule has 0 saturated heterocycles. The minimum absolute atomic E-state index is 0.00602. The lowest BCUT2D eigenvalue weighted by molar-refractivity contribution is -0.139. The molecule has 1 aromatic rings. The highest BCUT2D eigenvalue weighted by molar-refractivity contribution is 7.10. The van der Waals surface area contributed by atoms with Crippen molar-refractivity contribution in [2.45, 2.75) is 45.7 Å². The van der Waals surface area contributed by atoms with E-state index in [9.17, 15) is 14.7 Å². The van der Waals surface area contributed by atoms with Gasteiger partial charge >= 0.3 is 12.0 Å². The van der Waals surface area contributed by atoms with E-state index in [1.165, 1.54) is 10.4 Å². The highest BCUT2D eigenvalue weighted by Gasteiger charge is 2.30. The fourth-order valence-corrected chi connectivity index (χ4v) is 3.67. The molecule has 2 unspecified atom stereocenters. The molecular formula is C15H22N2O3S. The molecule has 2 rings (SSSR count). The zero-order chi connectivity index (χ0) is 15.6. The maximum atomic E-state index is 12.4. The van der Waals surface area contributed by atoms with Crippen LogP contribution in [0, 0.1) is 5.92 Å². The number of hydrogen-bond donors (Lipinski definition) is 2. The lowest BCUT2D eigenvalue weighted by Gasteiger charge is -2.34. The highest BCUT2D eigenvalue weighted by Crippen LogP contribution is 2.32. The Morgan fingerprint density at radius 3 is 2.86 bits per heavy atom. The number of nitrogens with zero attached hydrogens (tertiary/aromatic N) is 1. The number of carbonyl (C=O) groups is 2. The average molecular weight is 310 g/mol. The van der Waals surface area contributed by atoms with Crippen LogP contribution in [0.1, 0.15) is 43.7 Å². The number of fused-ring (bicyclic) bond motifs is 1. The third kappa shape index (κ3) is 3.56.